The fourth-order valence-corrected chi connectivity index (χ4v) is 3.65. The minimum Gasteiger partial charge on any atom is -0.504 e. The van der Waals surface area contributed by atoms with Crippen LogP contribution in [0.4, 0.5) is 0 Å². The third-order valence-electron chi connectivity index (χ3n) is 5.19. The van der Waals surface area contributed by atoms with Crippen molar-refractivity contribution in [3.05, 3.63) is 44.6 Å². The van der Waals surface area contributed by atoms with Gasteiger partial charge in [0.2, 0.25) is 23.0 Å². The lowest BCUT2D eigenvalue weighted by atomic mass is 10.0. The zero-order valence-electron chi connectivity index (χ0n) is 16.3. The van der Waals surface area contributed by atoms with Gasteiger partial charge < -0.3 is 49.3 Å². The molecule has 0 radical (unpaired) electrons. The Bertz CT molecular complexity index is 1810. The summed E-state index contributed by atoms with van der Waals surface area (Å²) >= 11 is 0. The predicted molar refractivity (Wildman–Crippen MR) is 111 cm³/mol. The highest BCUT2D eigenvalue weighted by Gasteiger charge is 2.28. The molecular formula is C21H10O13. The van der Waals surface area contributed by atoms with E-state index >= 15 is 0 Å². The van der Waals surface area contributed by atoms with E-state index in [0.717, 1.165) is 12.1 Å². The molecule has 3 aromatic carbocycles. The van der Waals surface area contributed by atoms with Crippen molar-refractivity contribution in [3.8, 4) is 46.0 Å². The van der Waals surface area contributed by atoms with Crippen molar-refractivity contribution in [3.63, 3.8) is 0 Å². The number of aromatic carboxylic acids is 1. The van der Waals surface area contributed by atoms with Crippen LogP contribution in [0.2, 0.25) is 0 Å². The normalized spacial score (nSPS) is 11.5. The number of phenols is 6. The van der Waals surface area contributed by atoms with Gasteiger partial charge >= 0.3 is 17.2 Å². The molecule has 7 N–H and O–H groups in total. The summed E-state index contributed by atoms with van der Waals surface area (Å²) in [5.41, 5.74) is -4.20. The van der Waals surface area contributed by atoms with E-state index in [4.69, 9.17) is 18.7 Å². The van der Waals surface area contributed by atoms with E-state index in [1.165, 1.54) is 0 Å². The van der Waals surface area contributed by atoms with Gasteiger partial charge in [0.25, 0.3) is 0 Å². The molecule has 0 saturated heterocycles. The molecule has 0 aliphatic heterocycles. The minimum absolute atomic E-state index is 0.146. The summed E-state index contributed by atoms with van der Waals surface area (Å²) in [6.45, 7) is 0. The maximum absolute atomic E-state index is 12.6. The van der Waals surface area contributed by atoms with Crippen LogP contribution in [-0.4, -0.2) is 41.7 Å². The number of carboxylic acid groups (broad SMARTS) is 1. The van der Waals surface area contributed by atoms with Gasteiger partial charge in [0, 0.05) is 22.9 Å². The number of carbonyl (C=O) groups is 1. The van der Waals surface area contributed by atoms with E-state index in [2.05, 4.69) is 0 Å². The highest BCUT2D eigenvalue weighted by molar-refractivity contribution is 6.22. The van der Waals surface area contributed by atoms with E-state index in [1.54, 1.807) is 0 Å². The quantitative estimate of drug-likeness (QED) is 0.0869. The summed E-state index contributed by atoms with van der Waals surface area (Å²) in [6, 6.07) is 2.35. The van der Waals surface area contributed by atoms with Gasteiger partial charge in [-0.3, -0.25) is 0 Å². The lowest BCUT2D eigenvalue weighted by Gasteiger charge is -2.15. The van der Waals surface area contributed by atoms with Gasteiger partial charge in [0.1, 0.15) is 5.56 Å². The molecule has 13 nitrogen and oxygen atoms in total. The Morgan fingerprint density at radius 2 is 1.26 bits per heavy atom. The molecule has 13 heteroatoms. The van der Waals surface area contributed by atoms with E-state index in [1.807, 2.05) is 0 Å². The summed E-state index contributed by atoms with van der Waals surface area (Å²) in [7, 11) is 0. The Balaban J connectivity index is 1.85. The molecule has 0 aliphatic carbocycles. The van der Waals surface area contributed by atoms with Crippen LogP contribution >= 0.6 is 0 Å². The summed E-state index contributed by atoms with van der Waals surface area (Å²) < 4.78 is 15.4. The second-order valence-corrected chi connectivity index (χ2v) is 7.13. The maximum atomic E-state index is 12.6. The van der Waals surface area contributed by atoms with Crippen LogP contribution in [0, 0.1) is 0 Å². The summed E-state index contributed by atoms with van der Waals surface area (Å²) in [6.07, 6.45) is 0. The van der Waals surface area contributed by atoms with Crippen LogP contribution in [0.15, 0.2) is 36.6 Å². The standard InChI is InChI=1S/C21H10O13/c22-7-1-4-10-11-5(21(31)33-17(10)13(7)25)3-9(14(26)18(11)34-20(4)30)32-16-8(23)2-6(19(28)29)12(24)15(16)27/h1-3,22-27H,(H,28,29). The average Bonchev–Trinajstić information content (AvgIpc) is 2.78. The van der Waals surface area contributed by atoms with Gasteiger partial charge in [0.05, 0.1) is 10.8 Å². The zero-order chi connectivity index (χ0) is 24.6. The van der Waals surface area contributed by atoms with Crippen molar-refractivity contribution in [2.24, 2.45) is 0 Å². The highest BCUT2D eigenvalue weighted by Crippen LogP contribution is 2.50. The molecule has 5 aromatic rings. The van der Waals surface area contributed by atoms with Crippen molar-refractivity contribution in [2.75, 3.05) is 0 Å². The number of phenolic OH excluding ortho intramolecular Hbond substituents is 5. The summed E-state index contributed by atoms with van der Waals surface area (Å²) in [5, 5.41) is 68.8. The van der Waals surface area contributed by atoms with E-state index in [-0.39, 0.29) is 21.5 Å². The SMILES string of the molecule is O=C(O)c1cc(O)c(Oc2cc3c(=O)oc4c(O)c(O)cc5c(=O)oc(c2O)c3c45)c(O)c1O. The number of benzene rings is 3. The van der Waals surface area contributed by atoms with Crippen LogP contribution in [0.25, 0.3) is 32.7 Å². The minimum atomic E-state index is -1.67. The molecule has 0 atom stereocenters. The van der Waals surface area contributed by atoms with Crippen molar-refractivity contribution in [1.82, 2.24) is 0 Å². The molecule has 0 bridgehead atoms. The third kappa shape index (κ3) is 2.57. The molecule has 172 valence electrons. The lowest BCUT2D eigenvalue weighted by molar-refractivity contribution is 0.0692. The molecule has 2 heterocycles. The Hall–Kier alpha value is -5.33. The van der Waals surface area contributed by atoms with Crippen molar-refractivity contribution < 1.29 is 54.1 Å². The summed E-state index contributed by atoms with van der Waals surface area (Å²) in [4.78, 5) is 36.2. The van der Waals surface area contributed by atoms with Gasteiger partial charge in [-0.05, 0) is 6.07 Å². The maximum Gasteiger partial charge on any atom is 0.344 e. The Labute approximate surface area is 184 Å². The molecule has 34 heavy (non-hydrogen) atoms. The first-order chi connectivity index (χ1) is 16.0. The molecule has 0 spiro atoms. The van der Waals surface area contributed by atoms with E-state index in [0.29, 0.717) is 6.07 Å². The fraction of sp³-hybridized carbons (Fsp3) is 0. The van der Waals surface area contributed by atoms with Crippen molar-refractivity contribution in [2.45, 2.75) is 0 Å². The predicted octanol–water partition coefficient (Wildman–Crippen LogP) is 2.21. The topological polar surface area (TPSA) is 228 Å². The molecule has 5 rings (SSSR count). The molecule has 0 aliphatic rings. The van der Waals surface area contributed by atoms with Gasteiger partial charge in [0.15, 0.2) is 34.2 Å². The molecule has 0 amide bonds. The number of ether oxygens (including phenoxy) is 1. The van der Waals surface area contributed by atoms with Crippen molar-refractivity contribution >= 4 is 38.7 Å². The first-order valence-electron chi connectivity index (χ1n) is 9.13. The van der Waals surface area contributed by atoms with E-state index < -0.39 is 79.9 Å². The molecule has 2 aromatic heterocycles. The molecule has 0 saturated carbocycles. The number of hydrogen-bond donors (Lipinski definition) is 7. The van der Waals surface area contributed by atoms with Gasteiger partial charge in [-0.1, -0.05) is 0 Å². The summed E-state index contributed by atoms with van der Waals surface area (Å²) in [5.74, 6) is -9.02. The third-order valence-corrected chi connectivity index (χ3v) is 5.19. The second kappa shape index (κ2) is 6.59. The monoisotopic (exact) mass is 470 g/mol. The van der Waals surface area contributed by atoms with E-state index in [9.17, 15) is 45.0 Å². The second-order valence-electron chi connectivity index (χ2n) is 7.13. The molecule has 0 unspecified atom stereocenters. The van der Waals surface area contributed by atoms with Crippen LogP contribution in [0.3, 0.4) is 0 Å². The number of rotatable bonds is 3. The van der Waals surface area contributed by atoms with Crippen LogP contribution in [0.1, 0.15) is 10.4 Å². The van der Waals surface area contributed by atoms with Crippen LogP contribution < -0.4 is 16.0 Å². The Kier molecular flexibility index (Phi) is 3.98. The average molecular weight is 470 g/mol. The van der Waals surface area contributed by atoms with Crippen LogP contribution in [0.5, 0.6) is 46.0 Å². The number of hydrogen-bond acceptors (Lipinski definition) is 12. The van der Waals surface area contributed by atoms with Gasteiger partial charge in [-0.25, -0.2) is 14.4 Å². The lowest BCUT2D eigenvalue weighted by Crippen LogP contribution is -2.07. The van der Waals surface area contributed by atoms with Gasteiger partial charge in [-0.2, -0.15) is 0 Å². The number of carboxylic acids is 1. The Morgan fingerprint density at radius 3 is 1.85 bits per heavy atom. The smallest absolute Gasteiger partial charge is 0.344 e. The fourth-order valence-electron chi connectivity index (χ4n) is 3.65. The highest BCUT2D eigenvalue weighted by atomic mass is 16.5. The Morgan fingerprint density at radius 1 is 0.706 bits per heavy atom. The molecular weight excluding hydrogens is 460 g/mol. The molecule has 0 fully saturated rings. The van der Waals surface area contributed by atoms with Crippen molar-refractivity contribution in [1.29, 1.82) is 0 Å². The largest absolute Gasteiger partial charge is 0.504 e. The zero-order valence-corrected chi connectivity index (χ0v) is 16.3. The first-order valence-corrected chi connectivity index (χ1v) is 9.13. The van der Waals surface area contributed by atoms with Gasteiger partial charge in [-0.15, -0.1) is 0 Å². The van der Waals surface area contributed by atoms with Crippen LogP contribution in [-0.2, 0) is 0 Å². The first kappa shape index (κ1) is 20.6. The number of aromatic hydroxyl groups is 6.